The maximum absolute atomic E-state index is 9.79. The lowest BCUT2D eigenvalue weighted by atomic mass is 9.54. The normalized spacial score (nSPS) is 20.5. The predicted molar refractivity (Wildman–Crippen MR) is 239 cm³/mol. The molecule has 0 radical (unpaired) electrons. The van der Waals surface area contributed by atoms with E-state index in [2.05, 4.69) is 140 Å². The summed E-state index contributed by atoms with van der Waals surface area (Å²) in [6, 6.07) is 49.5. The summed E-state index contributed by atoms with van der Waals surface area (Å²) in [7, 11) is 0. The SMILES string of the molecule is CC[C@@H]1C[C@@H]2C[C@H](C)CC(c3ccc(-c4nc(-c5ccc6sc7ccccc7c6c5)nc(-c5cccc6c5c5ccccc5n6-c5cccc(C#N)c5)n4)cc3)(C1)C2. The highest BCUT2D eigenvalue weighted by atomic mass is 32.1. The first kappa shape index (κ1) is 35.0. The Morgan fingerprint density at radius 2 is 1.40 bits per heavy atom. The lowest BCUT2D eigenvalue weighted by Gasteiger charge is -2.51. The maximum Gasteiger partial charge on any atom is 0.164 e. The third kappa shape index (κ3) is 5.75. The number of hydrogen-bond donors (Lipinski definition) is 0. The summed E-state index contributed by atoms with van der Waals surface area (Å²) >= 11 is 1.82. The molecule has 0 spiro atoms. The Morgan fingerprint density at radius 1 is 0.672 bits per heavy atom. The zero-order valence-electron chi connectivity index (χ0n) is 32.8. The minimum absolute atomic E-state index is 0.255. The number of nitrogens with zero attached hydrogens (tertiary/aromatic N) is 5. The number of fused-ring (bicyclic) bond motifs is 8. The van der Waals surface area contributed by atoms with Gasteiger partial charge in [0.25, 0.3) is 0 Å². The van der Waals surface area contributed by atoms with Crippen LogP contribution in [0, 0.1) is 29.1 Å². The molecule has 1 unspecified atom stereocenters. The first-order chi connectivity index (χ1) is 28.5. The molecular weight excluding hydrogens is 727 g/mol. The highest BCUT2D eigenvalue weighted by molar-refractivity contribution is 7.25. The second-order valence-corrected chi connectivity index (χ2v) is 18.1. The quantitative estimate of drug-likeness (QED) is 0.169. The second kappa shape index (κ2) is 13.7. The topological polar surface area (TPSA) is 67.4 Å². The molecule has 58 heavy (non-hydrogen) atoms. The number of rotatable bonds is 6. The molecular formula is C52H43N5S. The molecule has 0 aliphatic heterocycles. The average molecular weight is 770 g/mol. The van der Waals surface area contributed by atoms with Crippen molar-refractivity contribution >= 4 is 53.3 Å². The van der Waals surface area contributed by atoms with E-state index in [0.717, 1.165) is 61.9 Å². The van der Waals surface area contributed by atoms with E-state index >= 15 is 0 Å². The van der Waals surface area contributed by atoms with Gasteiger partial charge in [-0.2, -0.15) is 5.26 Å². The van der Waals surface area contributed by atoms with Crippen molar-refractivity contribution in [2.45, 2.75) is 57.8 Å². The van der Waals surface area contributed by atoms with E-state index in [4.69, 9.17) is 15.0 Å². The Morgan fingerprint density at radius 3 is 2.24 bits per heavy atom. The van der Waals surface area contributed by atoms with Gasteiger partial charge in [0.1, 0.15) is 0 Å². The van der Waals surface area contributed by atoms with Crippen LogP contribution in [0.1, 0.15) is 63.5 Å². The van der Waals surface area contributed by atoms with Gasteiger partial charge in [-0.15, -0.1) is 11.3 Å². The Bertz CT molecular complexity index is 3090. The average Bonchev–Trinajstić information content (AvgIpc) is 3.81. The van der Waals surface area contributed by atoms with Gasteiger partial charge in [0.2, 0.25) is 0 Å². The Kier molecular flexibility index (Phi) is 8.31. The number of benzene rings is 6. The molecule has 3 aromatic heterocycles. The standard InChI is InChI=1S/C52H43N5S/c1-3-33-25-35-24-32(2)28-52(29-33,30-35)38-21-18-36(19-22-38)49-54-50(37-20-23-47-43(27-37)40-12-5-7-17-46(40)58-47)56-51(55-49)42-14-9-16-45-48(42)41-13-4-6-15-44(41)57(45)39-11-8-10-34(26-39)31-53/h4-23,26-27,32-33,35H,3,24-25,28-30H2,1-2H3/t32-,33+,35-,52?/m0/s1. The fourth-order valence-electron chi connectivity index (χ4n) is 10.9. The van der Waals surface area contributed by atoms with Crippen LogP contribution < -0.4 is 0 Å². The fraction of sp³-hybridized carbons (Fsp3) is 0.231. The van der Waals surface area contributed by atoms with Gasteiger partial charge >= 0.3 is 0 Å². The molecule has 3 heterocycles. The second-order valence-electron chi connectivity index (χ2n) is 17.0. The van der Waals surface area contributed by atoms with E-state index in [-0.39, 0.29) is 5.41 Å². The molecule has 6 heteroatoms. The first-order valence-corrected chi connectivity index (χ1v) is 21.6. The number of aromatic nitrogens is 4. The van der Waals surface area contributed by atoms with Crippen LogP contribution in [0.5, 0.6) is 0 Å². The number of para-hydroxylation sites is 1. The van der Waals surface area contributed by atoms with Crippen LogP contribution >= 0.6 is 11.3 Å². The van der Waals surface area contributed by atoms with Crippen LogP contribution in [0.15, 0.2) is 133 Å². The van der Waals surface area contributed by atoms with Gasteiger partial charge in [0.15, 0.2) is 17.5 Å². The van der Waals surface area contributed by atoms with Crippen molar-refractivity contribution < 1.29 is 0 Å². The summed E-state index contributed by atoms with van der Waals surface area (Å²) in [5.74, 6) is 4.36. The molecule has 0 N–H and O–H groups in total. The highest BCUT2D eigenvalue weighted by Crippen LogP contribution is 2.55. The number of hydrogen-bond acceptors (Lipinski definition) is 5. The lowest BCUT2D eigenvalue weighted by molar-refractivity contribution is 0.0702. The summed E-state index contributed by atoms with van der Waals surface area (Å²) in [5.41, 5.74) is 8.31. The van der Waals surface area contributed by atoms with Gasteiger partial charge in [0, 0.05) is 53.3 Å². The van der Waals surface area contributed by atoms with E-state index in [0.29, 0.717) is 23.0 Å². The molecule has 2 aliphatic rings. The Labute approximate surface area is 342 Å². The van der Waals surface area contributed by atoms with E-state index in [1.165, 1.54) is 64.3 Å². The Hall–Kier alpha value is -6.16. The van der Waals surface area contributed by atoms with Crippen molar-refractivity contribution in [2.75, 3.05) is 0 Å². The van der Waals surface area contributed by atoms with Gasteiger partial charge in [-0.05, 0) is 115 Å². The van der Waals surface area contributed by atoms with Crippen molar-refractivity contribution in [2.24, 2.45) is 17.8 Å². The van der Waals surface area contributed by atoms with E-state index in [1.54, 1.807) is 0 Å². The molecule has 6 aromatic carbocycles. The zero-order valence-corrected chi connectivity index (χ0v) is 33.6. The molecule has 282 valence electrons. The van der Waals surface area contributed by atoms with E-state index in [9.17, 15) is 5.26 Å². The summed E-state index contributed by atoms with van der Waals surface area (Å²) < 4.78 is 4.77. The monoisotopic (exact) mass is 769 g/mol. The minimum atomic E-state index is 0.255. The van der Waals surface area contributed by atoms with Gasteiger partial charge < -0.3 is 4.57 Å². The third-order valence-electron chi connectivity index (χ3n) is 13.3. The van der Waals surface area contributed by atoms with Crippen LogP contribution in [0.3, 0.4) is 0 Å². The molecule has 0 amide bonds. The molecule has 5 nitrogen and oxygen atoms in total. The van der Waals surface area contributed by atoms with Gasteiger partial charge in [-0.25, -0.2) is 15.0 Å². The lowest BCUT2D eigenvalue weighted by Crippen LogP contribution is -2.42. The first-order valence-electron chi connectivity index (χ1n) is 20.8. The van der Waals surface area contributed by atoms with E-state index in [1.807, 2.05) is 29.5 Å². The minimum Gasteiger partial charge on any atom is -0.309 e. The van der Waals surface area contributed by atoms with Crippen molar-refractivity contribution in [3.05, 3.63) is 145 Å². The van der Waals surface area contributed by atoms with E-state index < -0.39 is 0 Å². The molecule has 2 aliphatic carbocycles. The van der Waals surface area contributed by atoms with Crippen LogP contribution in [0.4, 0.5) is 0 Å². The molecule has 0 saturated heterocycles. The van der Waals surface area contributed by atoms with Gasteiger partial charge in [0.05, 0.1) is 22.7 Å². The predicted octanol–water partition coefficient (Wildman–Crippen LogP) is 13.7. The smallest absolute Gasteiger partial charge is 0.164 e. The van der Waals surface area contributed by atoms with Crippen molar-refractivity contribution in [1.29, 1.82) is 5.26 Å². The largest absolute Gasteiger partial charge is 0.309 e. The van der Waals surface area contributed by atoms with Crippen LogP contribution in [0.25, 0.3) is 81.8 Å². The van der Waals surface area contributed by atoms with Crippen molar-refractivity contribution in [3.63, 3.8) is 0 Å². The summed E-state index contributed by atoms with van der Waals surface area (Å²) in [5, 5.41) is 14.4. The Balaban J connectivity index is 1.10. The fourth-order valence-corrected chi connectivity index (χ4v) is 12.0. The molecule has 9 aromatic rings. The summed E-state index contributed by atoms with van der Waals surface area (Å²) in [6.07, 6.45) is 7.91. The van der Waals surface area contributed by atoms with Crippen molar-refractivity contribution in [1.82, 2.24) is 19.5 Å². The van der Waals surface area contributed by atoms with Crippen molar-refractivity contribution in [3.8, 4) is 45.9 Å². The molecule has 2 fully saturated rings. The molecule has 2 saturated carbocycles. The maximum atomic E-state index is 9.79. The highest BCUT2D eigenvalue weighted by Gasteiger charge is 2.45. The van der Waals surface area contributed by atoms with Crippen LogP contribution in [-0.2, 0) is 5.41 Å². The molecule has 11 rings (SSSR count). The molecule has 2 bridgehead atoms. The summed E-state index contributed by atoms with van der Waals surface area (Å²) in [4.78, 5) is 15.9. The van der Waals surface area contributed by atoms with Crippen LogP contribution in [-0.4, -0.2) is 19.5 Å². The summed E-state index contributed by atoms with van der Waals surface area (Å²) in [6.45, 7) is 4.85. The molecule has 4 atom stereocenters. The number of thiophene rings is 1. The van der Waals surface area contributed by atoms with Gasteiger partial charge in [-0.1, -0.05) is 99.1 Å². The third-order valence-corrected chi connectivity index (χ3v) is 14.4. The zero-order chi connectivity index (χ0) is 39.0. The number of nitriles is 1. The van der Waals surface area contributed by atoms with Gasteiger partial charge in [-0.3, -0.25) is 0 Å². The van der Waals surface area contributed by atoms with Crippen LogP contribution in [0.2, 0.25) is 0 Å².